The largest absolute Gasteiger partial charge is 0.313 e. The quantitative estimate of drug-likeness (QED) is 0.698. The molecule has 1 atom stereocenters. The molecule has 0 aromatic carbocycles. The van der Waals surface area contributed by atoms with Gasteiger partial charge in [-0.25, -0.2) is 0 Å². The molecular formula is C14H28N2. The zero-order valence-corrected chi connectivity index (χ0v) is 11.3. The molecule has 1 unspecified atom stereocenters. The van der Waals surface area contributed by atoms with Gasteiger partial charge in [-0.05, 0) is 46.6 Å². The Hall–Kier alpha value is -0.340. The minimum absolute atomic E-state index is 0.642. The second-order valence-electron chi connectivity index (χ2n) is 5.44. The number of hydrogen-bond acceptors (Lipinski definition) is 2. The lowest BCUT2D eigenvalue weighted by Gasteiger charge is -2.33. The maximum atomic E-state index is 3.99. The third-order valence-electron chi connectivity index (χ3n) is 3.42. The van der Waals surface area contributed by atoms with E-state index in [0.29, 0.717) is 12.1 Å². The molecule has 0 aliphatic carbocycles. The highest BCUT2D eigenvalue weighted by Gasteiger charge is 2.18. The Bertz CT molecular complexity index is 205. The highest BCUT2D eigenvalue weighted by Crippen LogP contribution is 2.11. The molecule has 2 nitrogen and oxygen atoms in total. The van der Waals surface area contributed by atoms with Crippen LogP contribution in [0.1, 0.15) is 46.5 Å². The molecule has 16 heavy (non-hydrogen) atoms. The van der Waals surface area contributed by atoms with Crippen molar-refractivity contribution < 1.29 is 0 Å². The number of piperidine rings is 1. The Labute approximate surface area is 101 Å². The Morgan fingerprint density at radius 2 is 2.19 bits per heavy atom. The number of nitrogens with zero attached hydrogens (tertiary/aromatic N) is 1. The van der Waals surface area contributed by atoms with Crippen molar-refractivity contribution in [2.75, 3.05) is 19.6 Å². The zero-order valence-electron chi connectivity index (χ0n) is 11.3. The van der Waals surface area contributed by atoms with Gasteiger partial charge in [0.1, 0.15) is 0 Å². The highest BCUT2D eigenvalue weighted by molar-refractivity contribution is 4.89. The van der Waals surface area contributed by atoms with Crippen LogP contribution in [-0.2, 0) is 0 Å². The van der Waals surface area contributed by atoms with Gasteiger partial charge in [-0.15, -0.1) is 6.58 Å². The summed E-state index contributed by atoms with van der Waals surface area (Å²) in [6.45, 7) is 14.3. The smallest absolute Gasteiger partial charge is 0.0195 e. The van der Waals surface area contributed by atoms with Crippen LogP contribution in [0.25, 0.3) is 0 Å². The van der Waals surface area contributed by atoms with E-state index in [-0.39, 0.29) is 0 Å². The van der Waals surface area contributed by atoms with Crippen LogP contribution in [0.15, 0.2) is 12.2 Å². The first kappa shape index (κ1) is 13.7. The molecule has 1 saturated heterocycles. The first-order valence-electron chi connectivity index (χ1n) is 6.71. The lowest BCUT2D eigenvalue weighted by atomic mass is 10.0. The average molecular weight is 224 g/mol. The summed E-state index contributed by atoms with van der Waals surface area (Å²) in [5.41, 5.74) is 1.29. The molecule has 2 heteroatoms. The second-order valence-corrected chi connectivity index (χ2v) is 5.44. The summed E-state index contributed by atoms with van der Waals surface area (Å²) >= 11 is 0. The Balaban J connectivity index is 2.34. The minimum Gasteiger partial charge on any atom is -0.313 e. The van der Waals surface area contributed by atoms with E-state index in [2.05, 4.69) is 37.6 Å². The molecule has 1 aliphatic rings. The fourth-order valence-corrected chi connectivity index (χ4v) is 2.26. The van der Waals surface area contributed by atoms with Crippen molar-refractivity contribution >= 4 is 0 Å². The number of hydrogen-bond donors (Lipinski definition) is 1. The summed E-state index contributed by atoms with van der Waals surface area (Å²) in [6.07, 6.45) is 5.22. The summed E-state index contributed by atoms with van der Waals surface area (Å²) in [6, 6.07) is 1.35. The molecule has 1 heterocycles. The first-order chi connectivity index (χ1) is 7.59. The summed E-state index contributed by atoms with van der Waals surface area (Å²) in [7, 11) is 0. The maximum Gasteiger partial charge on any atom is 0.0195 e. The van der Waals surface area contributed by atoms with Crippen molar-refractivity contribution in [3.63, 3.8) is 0 Å². The minimum atomic E-state index is 0.642. The third kappa shape index (κ3) is 5.13. The molecule has 0 bridgehead atoms. The molecule has 0 aromatic rings. The van der Waals surface area contributed by atoms with Crippen LogP contribution in [0.2, 0.25) is 0 Å². The Morgan fingerprint density at radius 3 is 2.69 bits per heavy atom. The van der Waals surface area contributed by atoms with Crippen LogP contribution in [0, 0.1) is 0 Å². The molecule has 1 fully saturated rings. The lowest BCUT2D eigenvalue weighted by Crippen LogP contribution is -2.46. The van der Waals surface area contributed by atoms with Crippen LogP contribution in [0.4, 0.5) is 0 Å². The first-order valence-corrected chi connectivity index (χ1v) is 6.71. The fraction of sp³-hybridized carbons (Fsp3) is 0.857. The molecule has 0 amide bonds. The number of nitrogens with one attached hydrogen (secondary N) is 1. The average Bonchev–Trinajstić information content (AvgIpc) is 2.25. The molecule has 0 spiro atoms. The van der Waals surface area contributed by atoms with E-state index in [1.165, 1.54) is 37.9 Å². The van der Waals surface area contributed by atoms with E-state index >= 15 is 0 Å². The highest BCUT2D eigenvalue weighted by atomic mass is 15.2. The van der Waals surface area contributed by atoms with E-state index in [0.717, 1.165) is 13.0 Å². The van der Waals surface area contributed by atoms with Gasteiger partial charge in [0, 0.05) is 25.2 Å². The molecule has 94 valence electrons. The maximum absolute atomic E-state index is 3.99. The molecule has 0 radical (unpaired) electrons. The van der Waals surface area contributed by atoms with Gasteiger partial charge in [-0.1, -0.05) is 12.0 Å². The van der Waals surface area contributed by atoms with Crippen LogP contribution < -0.4 is 5.32 Å². The molecule has 1 N–H and O–H groups in total. The van der Waals surface area contributed by atoms with Crippen LogP contribution in [-0.4, -0.2) is 36.6 Å². The van der Waals surface area contributed by atoms with Crippen LogP contribution in [0.5, 0.6) is 0 Å². The van der Waals surface area contributed by atoms with Gasteiger partial charge in [-0.3, -0.25) is 4.90 Å². The standard InChI is InChI=1S/C14H28N2/c1-12(2)8-10-16(13(3)4)11-14-7-5-6-9-15-14/h13-15H,1,5-11H2,2-4H3. The van der Waals surface area contributed by atoms with Gasteiger partial charge < -0.3 is 5.32 Å². The van der Waals surface area contributed by atoms with Gasteiger partial charge in [0.2, 0.25) is 0 Å². The van der Waals surface area contributed by atoms with E-state index in [9.17, 15) is 0 Å². The topological polar surface area (TPSA) is 15.3 Å². The van der Waals surface area contributed by atoms with Crippen molar-refractivity contribution in [3.8, 4) is 0 Å². The van der Waals surface area contributed by atoms with Gasteiger partial charge in [-0.2, -0.15) is 0 Å². The van der Waals surface area contributed by atoms with Gasteiger partial charge in [0.05, 0.1) is 0 Å². The zero-order chi connectivity index (χ0) is 12.0. The van der Waals surface area contributed by atoms with Gasteiger partial charge >= 0.3 is 0 Å². The Kier molecular flexibility index (Phi) is 6.07. The van der Waals surface area contributed by atoms with E-state index < -0.39 is 0 Å². The summed E-state index contributed by atoms with van der Waals surface area (Å²) in [5, 5.41) is 3.63. The monoisotopic (exact) mass is 224 g/mol. The predicted octanol–water partition coefficient (Wildman–Crippen LogP) is 2.81. The Morgan fingerprint density at radius 1 is 1.44 bits per heavy atom. The van der Waals surface area contributed by atoms with Gasteiger partial charge in [0.15, 0.2) is 0 Å². The SMILES string of the molecule is C=C(C)CCN(CC1CCCCN1)C(C)C. The molecule has 1 aliphatic heterocycles. The summed E-state index contributed by atoms with van der Waals surface area (Å²) in [4.78, 5) is 2.58. The van der Waals surface area contributed by atoms with Crippen molar-refractivity contribution in [2.45, 2.75) is 58.5 Å². The van der Waals surface area contributed by atoms with Crippen LogP contribution >= 0.6 is 0 Å². The van der Waals surface area contributed by atoms with Gasteiger partial charge in [0.25, 0.3) is 0 Å². The fourth-order valence-electron chi connectivity index (χ4n) is 2.26. The van der Waals surface area contributed by atoms with E-state index in [4.69, 9.17) is 0 Å². The molecular weight excluding hydrogens is 196 g/mol. The molecule has 0 saturated carbocycles. The summed E-state index contributed by atoms with van der Waals surface area (Å²) < 4.78 is 0. The van der Waals surface area contributed by atoms with Crippen molar-refractivity contribution in [3.05, 3.63) is 12.2 Å². The van der Waals surface area contributed by atoms with Crippen molar-refractivity contribution in [1.29, 1.82) is 0 Å². The van der Waals surface area contributed by atoms with Crippen molar-refractivity contribution in [2.24, 2.45) is 0 Å². The molecule has 0 aromatic heterocycles. The number of rotatable bonds is 6. The third-order valence-corrected chi connectivity index (χ3v) is 3.42. The molecule has 1 rings (SSSR count). The van der Waals surface area contributed by atoms with Crippen molar-refractivity contribution in [1.82, 2.24) is 10.2 Å². The second kappa shape index (κ2) is 7.08. The van der Waals surface area contributed by atoms with E-state index in [1.807, 2.05) is 0 Å². The van der Waals surface area contributed by atoms with E-state index in [1.54, 1.807) is 0 Å². The normalized spacial score (nSPS) is 21.7. The summed E-state index contributed by atoms with van der Waals surface area (Å²) in [5.74, 6) is 0. The lowest BCUT2D eigenvalue weighted by molar-refractivity contribution is 0.187. The predicted molar refractivity (Wildman–Crippen MR) is 71.8 cm³/mol. The van der Waals surface area contributed by atoms with Crippen LogP contribution in [0.3, 0.4) is 0 Å².